The smallest absolute Gasteiger partial charge is 0.335 e. The highest BCUT2D eigenvalue weighted by molar-refractivity contribution is 5.73. The number of aliphatic carboxylic acids is 1. The van der Waals surface area contributed by atoms with Gasteiger partial charge in [-0.3, -0.25) is 0 Å². The minimum absolute atomic E-state index is 0.103. The monoisotopic (exact) mass is 1110 g/mol. The van der Waals surface area contributed by atoms with E-state index in [9.17, 15) is 86.2 Å². The fraction of sp³-hybridized carbons (Fsp3) is 0.923. The molecule has 0 aromatic rings. The van der Waals surface area contributed by atoms with E-state index in [0.717, 1.165) is 11.9 Å². The number of carbonyl (C=O) groups excluding carboxylic acids is 1. The predicted molar refractivity (Wildman–Crippen MR) is 256 cm³/mol. The van der Waals surface area contributed by atoms with Crippen LogP contribution >= 0.6 is 0 Å². The van der Waals surface area contributed by atoms with Crippen molar-refractivity contribution < 1.29 is 124 Å². The summed E-state index contributed by atoms with van der Waals surface area (Å²) >= 11 is 0. The number of aliphatic hydroxyl groups excluding tert-OH is 14. The van der Waals surface area contributed by atoms with Crippen LogP contribution in [0.1, 0.15) is 86.5 Å². The van der Waals surface area contributed by atoms with Crippen LogP contribution in [0.4, 0.5) is 0 Å². The molecule has 4 saturated heterocycles. The normalized spacial score (nSPS) is 55.6. The molecule has 440 valence electrons. The molecule has 30 atom stereocenters. The molecule has 0 unspecified atom stereocenters. The highest BCUT2D eigenvalue weighted by atomic mass is 16.8. The first-order chi connectivity index (χ1) is 36.0. The molecule has 25 heteroatoms. The van der Waals surface area contributed by atoms with Gasteiger partial charge in [0.05, 0.1) is 61.7 Å². The van der Waals surface area contributed by atoms with Crippen molar-refractivity contribution in [3.63, 3.8) is 0 Å². The molecule has 25 nitrogen and oxygen atoms in total. The second-order valence-electron chi connectivity index (χ2n) is 25.3. The Morgan fingerprint density at radius 3 is 1.91 bits per heavy atom. The molecule has 0 bridgehead atoms. The molecule has 0 radical (unpaired) electrons. The van der Waals surface area contributed by atoms with Crippen LogP contribution in [-0.4, -0.2) is 250 Å². The number of carboxylic acid groups (broad SMARTS) is 1. The molecular formula is C52H82O25. The molecular weight excluding hydrogens is 1020 g/mol. The van der Waals surface area contributed by atoms with Crippen LogP contribution in [0, 0.1) is 50.2 Å². The lowest BCUT2D eigenvalue weighted by Gasteiger charge is -2.72. The van der Waals surface area contributed by atoms with Crippen LogP contribution in [-0.2, 0) is 47.5 Å². The van der Waals surface area contributed by atoms with Gasteiger partial charge in [-0.1, -0.05) is 53.2 Å². The second kappa shape index (κ2) is 21.3. The van der Waals surface area contributed by atoms with Gasteiger partial charge in [0, 0.05) is 0 Å². The summed E-state index contributed by atoms with van der Waals surface area (Å²) in [4.78, 5) is 27.1. The van der Waals surface area contributed by atoms with Gasteiger partial charge in [-0.2, -0.15) is 0 Å². The fourth-order valence-electron chi connectivity index (χ4n) is 16.2. The lowest BCUT2D eigenvalue weighted by Crippen LogP contribution is -2.72. The average molecular weight is 1110 g/mol. The minimum atomic E-state index is -2.26. The molecule has 0 spiro atoms. The van der Waals surface area contributed by atoms with Gasteiger partial charge < -0.3 is 119 Å². The van der Waals surface area contributed by atoms with Crippen LogP contribution in [0.5, 0.6) is 0 Å². The summed E-state index contributed by atoms with van der Waals surface area (Å²) in [6.45, 7) is 9.34. The van der Waals surface area contributed by atoms with E-state index in [-0.39, 0.29) is 18.8 Å². The van der Waals surface area contributed by atoms with Crippen molar-refractivity contribution in [3.05, 3.63) is 11.6 Å². The van der Waals surface area contributed by atoms with Gasteiger partial charge in [0.25, 0.3) is 0 Å². The van der Waals surface area contributed by atoms with Crippen LogP contribution in [0.15, 0.2) is 11.6 Å². The Labute approximate surface area is 445 Å². The molecule has 0 aromatic heterocycles. The van der Waals surface area contributed by atoms with Gasteiger partial charge in [-0.25, -0.2) is 4.79 Å². The van der Waals surface area contributed by atoms with Crippen LogP contribution in [0.3, 0.4) is 0 Å². The summed E-state index contributed by atoms with van der Waals surface area (Å²) in [5, 5.41) is 165. The van der Waals surface area contributed by atoms with Gasteiger partial charge in [0.1, 0.15) is 85.6 Å². The van der Waals surface area contributed by atoms with E-state index in [4.69, 9.17) is 37.9 Å². The number of aldehydes is 1. The highest BCUT2D eigenvalue weighted by Gasteiger charge is 2.73. The zero-order valence-corrected chi connectivity index (χ0v) is 44.2. The third-order valence-corrected chi connectivity index (χ3v) is 21.0. The third kappa shape index (κ3) is 9.22. The molecule has 0 aromatic carbocycles. The summed E-state index contributed by atoms with van der Waals surface area (Å²) in [7, 11) is 0. The van der Waals surface area contributed by atoms with E-state index < -0.39 is 212 Å². The largest absolute Gasteiger partial charge is 0.479 e. The quantitative estimate of drug-likeness (QED) is 0.0502. The number of ether oxygens (including phenoxy) is 8. The molecule has 4 saturated carbocycles. The minimum Gasteiger partial charge on any atom is -0.479 e. The number of hydrogen-bond acceptors (Lipinski definition) is 24. The lowest BCUT2D eigenvalue weighted by molar-refractivity contribution is -0.398. The summed E-state index contributed by atoms with van der Waals surface area (Å²) in [5.74, 6) is -2.72. The Hall–Kier alpha value is -2.00. The molecule has 15 N–H and O–H groups in total. The predicted octanol–water partition coefficient (Wildman–Crippen LogP) is -4.10. The first kappa shape index (κ1) is 59.6. The van der Waals surface area contributed by atoms with Crippen molar-refractivity contribution >= 4 is 12.3 Å². The number of carboxylic acids is 1. The number of rotatable bonds is 12. The highest BCUT2D eigenvalue weighted by Crippen LogP contribution is 2.76. The molecule has 4 aliphatic heterocycles. The number of aliphatic hydroxyl groups is 14. The molecule has 0 amide bonds. The maximum Gasteiger partial charge on any atom is 0.335 e. The first-order valence-corrected chi connectivity index (χ1v) is 27.0. The Bertz CT molecular complexity index is 2170. The van der Waals surface area contributed by atoms with Gasteiger partial charge in [-0.05, 0) is 84.4 Å². The zero-order valence-electron chi connectivity index (χ0n) is 44.2. The lowest BCUT2D eigenvalue weighted by atomic mass is 9.33. The molecule has 5 aliphatic carbocycles. The maximum atomic E-state index is 14.0. The average Bonchev–Trinajstić information content (AvgIpc) is 3.55. The van der Waals surface area contributed by atoms with Crippen molar-refractivity contribution in [3.8, 4) is 0 Å². The van der Waals surface area contributed by atoms with Crippen LogP contribution in [0.25, 0.3) is 0 Å². The number of allylic oxidation sites excluding steroid dienone is 2. The summed E-state index contributed by atoms with van der Waals surface area (Å²) < 4.78 is 48.0. The maximum absolute atomic E-state index is 14.0. The Morgan fingerprint density at radius 1 is 0.649 bits per heavy atom. The van der Waals surface area contributed by atoms with E-state index in [2.05, 4.69) is 26.8 Å². The van der Waals surface area contributed by atoms with E-state index in [0.29, 0.717) is 32.1 Å². The van der Waals surface area contributed by atoms with Crippen LogP contribution < -0.4 is 0 Å². The SMILES string of the molecule is CC1(C)C[C@H]2C3=CC[C@H]4[C@@]5(C)CC[C@@H](O[C@@H]6O[C@@H](C(=O)O)[C@H](O)[C@@H](O[C@@H]7OC[C@H](O)[C@H](O)[C@@H]7O[C@H]7OC[C@H](O)[C@H](O)[C@@H]7O)[C@H]6O[C@H]6O[C@@H](CO)[C@@H](O)[C@H](O)[C@H]6O)[C@](C)(C=O)[C@H]5CC[C@@]4(C)[C@@]3(C)C[C@H](O)[C@@]2(CO)[C@@H](O)[C@H]1O. The van der Waals surface area contributed by atoms with Gasteiger partial charge in [0.2, 0.25) is 0 Å². The number of carbonyl (C=O) groups is 2. The summed E-state index contributed by atoms with van der Waals surface area (Å²) in [5.41, 5.74) is -4.26. The van der Waals surface area contributed by atoms with E-state index in [1.54, 1.807) is 6.92 Å². The summed E-state index contributed by atoms with van der Waals surface area (Å²) in [6.07, 6.45) is -33.5. The van der Waals surface area contributed by atoms with Crippen LogP contribution in [0.2, 0.25) is 0 Å². The summed E-state index contributed by atoms with van der Waals surface area (Å²) in [6, 6.07) is 0. The number of hydrogen-bond donors (Lipinski definition) is 15. The molecule has 9 rings (SSSR count). The Kier molecular flexibility index (Phi) is 16.5. The van der Waals surface area contributed by atoms with Crippen molar-refractivity contribution in [1.29, 1.82) is 0 Å². The fourth-order valence-corrected chi connectivity index (χ4v) is 16.2. The Balaban J connectivity index is 1.05. The number of fused-ring (bicyclic) bond motifs is 7. The second-order valence-corrected chi connectivity index (χ2v) is 25.3. The van der Waals surface area contributed by atoms with Crippen molar-refractivity contribution in [1.82, 2.24) is 0 Å². The standard InChI is InChI=1S/C52H82O25/c1-47(2)13-21-20-7-8-26-48(3)11-10-28(49(4,18-54)25(48)9-12-50(26,5)51(20,6)14-27(58)52(21,19-55)41(67)40(47)66)73-46-39(77-44-34(64)32(62)31(61)24(15-53)72-44)36(35(65)37(75-46)42(68)69)74-45-38(30(60)23(57)17-71-45)76-43-33(63)29(59)22(56)16-70-43/h7,18,21-41,43-46,53,55-67H,8-17,19H2,1-6H3,(H,68,69)/t21-,22-,23-,24-,25-,26-,27-,28+,29-,30-,31+,32-,33-,34+,35+,36+,37+,38-,39+,40+,41-,43+,44+,45-,46+,48-,49+,50+,51-,52-/m0/s1. The topological polar surface area (TPSA) is 411 Å². The van der Waals surface area contributed by atoms with Gasteiger partial charge >= 0.3 is 5.97 Å². The molecule has 8 fully saturated rings. The molecule has 77 heavy (non-hydrogen) atoms. The van der Waals surface area contributed by atoms with E-state index in [1.165, 1.54) is 0 Å². The Morgan fingerprint density at radius 2 is 1.27 bits per heavy atom. The first-order valence-electron chi connectivity index (χ1n) is 27.0. The van der Waals surface area contributed by atoms with Gasteiger partial charge in [0.15, 0.2) is 31.3 Å². The molecule has 4 heterocycles. The van der Waals surface area contributed by atoms with E-state index >= 15 is 0 Å². The van der Waals surface area contributed by atoms with Crippen molar-refractivity contribution in [2.75, 3.05) is 26.4 Å². The van der Waals surface area contributed by atoms with Crippen molar-refractivity contribution in [2.24, 2.45) is 50.2 Å². The van der Waals surface area contributed by atoms with Gasteiger partial charge in [-0.15, -0.1) is 0 Å². The third-order valence-electron chi connectivity index (χ3n) is 21.0. The zero-order chi connectivity index (χ0) is 56.4. The van der Waals surface area contributed by atoms with E-state index in [1.807, 2.05) is 13.8 Å². The molecule has 9 aliphatic rings. The van der Waals surface area contributed by atoms with Crippen molar-refractivity contribution in [2.45, 2.75) is 222 Å².